The topological polar surface area (TPSA) is 67.4 Å². The monoisotopic (exact) mass is 396 g/mol. The van der Waals surface area contributed by atoms with Gasteiger partial charge in [-0.15, -0.1) is 0 Å². The molecule has 0 aliphatic carbocycles. The normalized spacial score (nSPS) is 10.3. The lowest BCUT2D eigenvalue weighted by Crippen LogP contribution is -2.12. The van der Waals surface area contributed by atoms with Crippen molar-refractivity contribution in [2.45, 2.75) is 6.92 Å². The van der Waals surface area contributed by atoms with Gasteiger partial charge in [0.05, 0.1) is 17.9 Å². The maximum atomic E-state index is 13.3. The van der Waals surface area contributed by atoms with E-state index in [1.165, 1.54) is 6.07 Å². The van der Waals surface area contributed by atoms with E-state index in [4.69, 9.17) is 4.74 Å². The molecule has 3 aromatic rings. The Hall–Kier alpha value is -3.74. The number of esters is 1. The predicted octanol–water partition coefficient (Wildman–Crippen LogP) is 5.14. The average Bonchev–Trinajstić information content (AvgIpc) is 2.72. The standard InChI is InChI=1S/C22H18F2N2O3/c1-2-29-22(28)17-5-3-4-6-20(17)25-15-8-10-16(11-9-15)26-21(27)14-7-12-18(23)19(24)13-14/h3-13,25H,2H2,1H3,(H,26,27). The highest BCUT2D eigenvalue weighted by atomic mass is 19.2. The first-order valence-corrected chi connectivity index (χ1v) is 8.87. The number of halogens is 2. The Morgan fingerprint density at radius 2 is 1.59 bits per heavy atom. The minimum absolute atomic E-state index is 0.00876. The van der Waals surface area contributed by atoms with Gasteiger partial charge in [0.25, 0.3) is 5.91 Å². The van der Waals surface area contributed by atoms with E-state index in [9.17, 15) is 18.4 Å². The van der Waals surface area contributed by atoms with Gasteiger partial charge in [0.1, 0.15) is 0 Å². The summed E-state index contributed by atoms with van der Waals surface area (Å²) in [6.07, 6.45) is 0. The van der Waals surface area contributed by atoms with Crippen LogP contribution < -0.4 is 10.6 Å². The van der Waals surface area contributed by atoms with E-state index in [1.807, 2.05) is 0 Å². The van der Waals surface area contributed by atoms with Crippen LogP contribution in [0.15, 0.2) is 66.7 Å². The van der Waals surface area contributed by atoms with Crippen LogP contribution in [0.5, 0.6) is 0 Å². The van der Waals surface area contributed by atoms with E-state index in [-0.39, 0.29) is 12.2 Å². The summed E-state index contributed by atoms with van der Waals surface area (Å²) in [5.74, 6) is -3.08. The Morgan fingerprint density at radius 3 is 2.28 bits per heavy atom. The molecule has 3 aromatic carbocycles. The van der Waals surface area contributed by atoms with E-state index in [0.29, 0.717) is 22.6 Å². The van der Waals surface area contributed by atoms with Gasteiger partial charge in [-0.2, -0.15) is 0 Å². The Morgan fingerprint density at radius 1 is 0.897 bits per heavy atom. The molecule has 0 spiro atoms. The molecule has 1 amide bonds. The molecule has 0 aliphatic heterocycles. The second-order valence-corrected chi connectivity index (χ2v) is 6.05. The van der Waals surface area contributed by atoms with Crippen LogP contribution in [-0.2, 0) is 4.74 Å². The van der Waals surface area contributed by atoms with Crippen molar-refractivity contribution in [2.75, 3.05) is 17.2 Å². The molecule has 2 N–H and O–H groups in total. The molecule has 0 unspecified atom stereocenters. The van der Waals surface area contributed by atoms with Crippen molar-refractivity contribution in [1.29, 1.82) is 0 Å². The summed E-state index contributed by atoms with van der Waals surface area (Å²) in [4.78, 5) is 24.2. The van der Waals surface area contributed by atoms with Crippen molar-refractivity contribution >= 4 is 28.9 Å². The second-order valence-electron chi connectivity index (χ2n) is 6.05. The first kappa shape index (κ1) is 20.0. The van der Waals surface area contributed by atoms with E-state index < -0.39 is 23.5 Å². The first-order valence-electron chi connectivity index (χ1n) is 8.87. The molecule has 0 atom stereocenters. The number of carbonyl (C=O) groups excluding carboxylic acids is 2. The summed E-state index contributed by atoms with van der Waals surface area (Å²) in [7, 11) is 0. The van der Waals surface area contributed by atoms with Crippen LogP contribution in [0.1, 0.15) is 27.6 Å². The zero-order valence-electron chi connectivity index (χ0n) is 15.5. The zero-order chi connectivity index (χ0) is 20.8. The Labute approximate surface area is 166 Å². The Kier molecular flexibility index (Phi) is 6.19. The molecule has 0 aliphatic rings. The quantitative estimate of drug-likeness (QED) is 0.567. The molecule has 0 aromatic heterocycles. The van der Waals surface area contributed by atoms with Gasteiger partial charge in [-0.1, -0.05) is 12.1 Å². The fourth-order valence-electron chi connectivity index (χ4n) is 2.61. The van der Waals surface area contributed by atoms with Crippen LogP contribution in [-0.4, -0.2) is 18.5 Å². The molecule has 7 heteroatoms. The number of anilines is 3. The third-order valence-electron chi connectivity index (χ3n) is 4.03. The maximum absolute atomic E-state index is 13.3. The van der Waals surface area contributed by atoms with E-state index in [0.717, 1.165) is 12.1 Å². The number of nitrogens with one attached hydrogen (secondary N) is 2. The SMILES string of the molecule is CCOC(=O)c1ccccc1Nc1ccc(NC(=O)c2ccc(F)c(F)c2)cc1. The number of benzene rings is 3. The molecule has 148 valence electrons. The lowest BCUT2D eigenvalue weighted by molar-refractivity contribution is 0.0527. The number of carbonyl (C=O) groups is 2. The van der Waals surface area contributed by atoms with Crippen LogP contribution in [0.3, 0.4) is 0 Å². The molecule has 29 heavy (non-hydrogen) atoms. The van der Waals surface area contributed by atoms with Gasteiger partial charge in [-0.3, -0.25) is 4.79 Å². The van der Waals surface area contributed by atoms with Crippen molar-refractivity contribution in [3.63, 3.8) is 0 Å². The lowest BCUT2D eigenvalue weighted by atomic mass is 10.1. The Balaban J connectivity index is 1.70. The number of amides is 1. The van der Waals surface area contributed by atoms with Crippen LogP contribution in [0.25, 0.3) is 0 Å². The van der Waals surface area contributed by atoms with Gasteiger partial charge in [-0.25, -0.2) is 13.6 Å². The number of hydrogen-bond donors (Lipinski definition) is 2. The molecular formula is C22H18F2N2O3. The van der Waals surface area contributed by atoms with E-state index in [1.54, 1.807) is 55.5 Å². The van der Waals surface area contributed by atoms with E-state index >= 15 is 0 Å². The zero-order valence-corrected chi connectivity index (χ0v) is 15.5. The summed E-state index contributed by atoms with van der Waals surface area (Å²) >= 11 is 0. The molecule has 0 radical (unpaired) electrons. The molecule has 0 heterocycles. The summed E-state index contributed by atoms with van der Waals surface area (Å²) in [5.41, 5.74) is 2.17. The van der Waals surface area contributed by atoms with Crippen molar-refractivity contribution in [3.05, 3.63) is 89.5 Å². The third-order valence-corrected chi connectivity index (χ3v) is 4.03. The number of ether oxygens (including phenoxy) is 1. The number of para-hydroxylation sites is 1. The first-order chi connectivity index (χ1) is 14.0. The van der Waals surface area contributed by atoms with Gasteiger partial charge in [-0.05, 0) is 61.5 Å². The largest absolute Gasteiger partial charge is 0.462 e. The molecule has 0 bridgehead atoms. The highest BCUT2D eigenvalue weighted by Crippen LogP contribution is 2.23. The molecule has 0 saturated heterocycles. The number of rotatable bonds is 6. The van der Waals surface area contributed by atoms with Crippen LogP contribution in [0, 0.1) is 11.6 Å². The fraction of sp³-hybridized carbons (Fsp3) is 0.0909. The smallest absolute Gasteiger partial charge is 0.340 e. The summed E-state index contributed by atoms with van der Waals surface area (Å²) in [6, 6.07) is 16.6. The van der Waals surface area contributed by atoms with E-state index in [2.05, 4.69) is 10.6 Å². The molecule has 3 rings (SSSR count). The highest BCUT2D eigenvalue weighted by Gasteiger charge is 2.13. The van der Waals surface area contributed by atoms with Gasteiger partial charge >= 0.3 is 5.97 Å². The van der Waals surface area contributed by atoms with Crippen LogP contribution in [0.2, 0.25) is 0 Å². The molecule has 0 saturated carbocycles. The summed E-state index contributed by atoms with van der Waals surface area (Å²) in [6.45, 7) is 2.01. The fourth-order valence-corrected chi connectivity index (χ4v) is 2.61. The van der Waals surface area contributed by atoms with Crippen LogP contribution >= 0.6 is 0 Å². The molecule has 5 nitrogen and oxygen atoms in total. The minimum atomic E-state index is -1.09. The Bertz CT molecular complexity index is 1040. The van der Waals surface area contributed by atoms with Gasteiger partial charge < -0.3 is 15.4 Å². The average molecular weight is 396 g/mol. The summed E-state index contributed by atoms with van der Waals surface area (Å²) in [5, 5.41) is 5.75. The van der Waals surface area contributed by atoms with Crippen LogP contribution in [0.4, 0.5) is 25.8 Å². The van der Waals surface area contributed by atoms with Crippen molar-refractivity contribution in [2.24, 2.45) is 0 Å². The maximum Gasteiger partial charge on any atom is 0.340 e. The lowest BCUT2D eigenvalue weighted by Gasteiger charge is -2.12. The predicted molar refractivity (Wildman–Crippen MR) is 106 cm³/mol. The highest BCUT2D eigenvalue weighted by molar-refractivity contribution is 6.04. The molecular weight excluding hydrogens is 378 g/mol. The second kappa shape index (κ2) is 8.97. The molecule has 0 fully saturated rings. The van der Waals surface area contributed by atoms with Crippen molar-refractivity contribution in [3.8, 4) is 0 Å². The van der Waals surface area contributed by atoms with Crippen molar-refractivity contribution < 1.29 is 23.1 Å². The number of hydrogen-bond acceptors (Lipinski definition) is 4. The summed E-state index contributed by atoms with van der Waals surface area (Å²) < 4.78 is 31.3. The van der Waals surface area contributed by atoms with Gasteiger partial charge in [0.15, 0.2) is 11.6 Å². The minimum Gasteiger partial charge on any atom is -0.462 e. The van der Waals surface area contributed by atoms with Gasteiger partial charge in [0.2, 0.25) is 0 Å². The third kappa shape index (κ3) is 4.95. The van der Waals surface area contributed by atoms with Gasteiger partial charge in [0, 0.05) is 16.9 Å². The van der Waals surface area contributed by atoms with Crippen molar-refractivity contribution in [1.82, 2.24) is 0 Å².